The standard InChI is InChI=1S/C14H15F4NO2/c1-19(2)8-7-12(20)10-3-5-11(6-4-10)21-9-14(17,18)13(15)16/h3-8,13H,9H2,1-2H3. The van der Waals surface area contributed by atoms with Crippen molar-refractivity contribution < 1.29 is 27.1 Å². The van der Waals surface area contributed by atoms with Crippen molar-refractivity contribution in [2.75, 3.05) is 20.7 Å². The van der Waals surface area contributed by atoms with Gasteiger partial charge in [0.2, 0.25) is 0 Å². The molecule has 0 aliphatic carbocycles. The monoisotopic (exact) mass is 305 g/mol. The summed E-state index contributed by atoms with van der Waals surface area (Å²) in [6.45, 7) is -1.42. The molecule has 0 saturated carbocycles. The molecule has 0 amide bonds. The SMILES string of the molecule is CN(C)C=CC(=O)c1ccc(OCC(F)(F)C(F)F)cc1. The first-order chi connectivity index (χ1) is 9.72. The lowest BCUT2D eigenvalue weighted by Gasteiger charge is -2.15. The van der Waals surface area contributed by atoms with Crippen LogP contribution < -0.4 is 4.74 Å². The third kappa shape index (κ3) is 5.45. The van der Waals surface area contributed by atoms with Gasteiger partial charge in [0.1, 0.15) is 5.75 Å². The van der Waals surface area contributed by atoms with Gasteiger partial charge in [0.15, 0.2) is 12.4 Å². The molecule has 3 nitrogen and oxygen atoms in total. The van der Waals surface area contributed by atoms with Crippen LogP contribution in [0.5, 0.6) is 5.75 Å². The van der Waals surface area contributed by atoms with Crippen molar-refractivity contribution in [3.63, 3.8) is 0 Å². The summed E-state index contributed by atoms with van der Waals surface area (Å²) in [5, 5.41) is 0. The van der Waals surface area contributed by atoms with Crippen molar-refractivity contribution in [2.24, 2.45) is 0 Å². The first-order valence-electron chi connectivity index (χ1n) is 6.00. The molecule has 0 heterocycles. The van der Waals surface area contributed by atoms with Crippen molar-refractivity contribution in [3.8, 4) is 5.75 Å². The molecule has 0 aliphatic heterocycles. The van der Waals surface area contributed by atoms with Crippen molar-refractivity contribution in [3.05, 3.63) is 42.1 Å². The van der Waals surface area contributed by atoms with Gasteiger partial charge in [0, 0.05) is 31.9 Å². The van der Waals surface area contributed by atoms with E-state index in [2.05, 4.69) is 4.74 Å². The maximum absolute atomic E-state index is 12.7. The Bertz CT molecular complexity index is 498. The number of hydrogen-bond acceptors (Lipinski definition) is 3. The maximum atomic E-state index is 12.7. The van der Waals surface area contributed by atoms with Crippen LogP contribution in [0.25, 0.3) is 0 Å². The number of ether oxygens (including phenoxy) is 1. The van der Waals surface area contributed by atoms with Gasteiger partial charge in [-0.15, -0.1) is 0 Å². The number of rotatable bonds is 7. The van der Waals surface area contributed by atoms with E-state index in [4.69, 9.17) is 0 Å². The highest BCUT2D eigenvalue weighted by Gasteiger charge is 2.41. The molecular weight excluding hydrogens is 290 g/mol. The largest absolute Gasteiger partial charge is 0.487 e. The Balaban J connectivity index is 2.64. The molecular formula is C14H15F4NO2. The van der Waals surface area contributed by atoms with Crippen LogP contribution in [0.3, 0.4) is 0 Å². The van der Waals surface area contributed by atoms with Crippen LogP contribution in [0.2, 0.25) is 0 Å². The van der Waals surface area contributed by atoms with E-state index in [1.807, 2.05) is 0 Å². The highest BCUT2D eigenvalue weighted by Crippen LogP contribution is 2.24. The fraction of sp³-hybridized carbons (Fsp3) is 0.357. The predicted octanol–water partition coefficient (Wildman–Crippen LogP) is 3.22. The van der Waals surface area contributed by atoms with Gasteiger partial charge in [0.05, 0.1) is 0 Å². The second kappa shape index (κ2) is 7.10. The van der Waals surface area contributed by atoms with Crippen molar-refractivity contribution in [1.82, 2.24) is 4.90 Å². The average molecular weight is 305 g/mol. The van der Waals surface area contributed by atoms with Gasteiger partial charge in [-0.05, 0) is 24.3 Å². The van der Waals surface area contributed by atoms with Crippen LogP contribution in [0.1, 0.15) is 10.4 Å². The van der Waals surface area contributed by atoms with E-state index in [1.54, 1.807) is 25.2 Å². The molecule has 0 bridgehead atoms. The minimum absolute atomic E-state index is 0.0107. The highest BCUT2D eigenvalue weighted by atomic mass is 19.3. The topological polar surface area (TPSA) is 29.5 Å². The van der Waals surface area contributed by atoms with E-state index in [-0.39, 0.29) is 11.5 Å². The number of nitrogens with zero attached hydrogens (tertiary/aromatic N) is 1. The Hall–Kier alpha value is -2.05. The molecule has 0 aromatic heterocycles. The van der Waals surface area contributed by atoms with E-state index in [1.165, 1.54) is 30.3 Å². The summed E-state index contributed by atoms with van der Waals surface area (Å²) in [5.41, 5.74) is 0.334. The molecule has 0 unspecified atom stereocenters. The Kier molecular flexibility index (Phi) is 5.75. The highest BCUT2D eigenvalue weighted by molar-refractivity contribution is 6.04. The third-order valence-electron chi connectivity index (χ3n) is 2.41. The molecule has 0 fully saturated rings. The number of carbonyl (C=O) groups is 1. The summed E-state index contributed by atoms with van der Waals surface area (Å²) in [5.74, 6) is -4.49. The average Bonchev–Trinajstić information content (AvgIpc) is 2.43. The minimum Gasteiger partial charge on any atom is -0.487 e. The first kappa shape index (κ1) is 17.0. The van der Waals surface area contributed by atoms with Crippen molar-refractivity contribution in [2.45, 2.75) is 12.3 Å². The molecule has 0 radical (unpaired) electrons. The van der Waals surface area contributed by atoms with E-state index < -0.39 is 19.0 Å². The molecule has 0 N–H and O–H groups in total. The quantitative estimate of drug-likeness (QED) is 0.440. The van der Waals surface area contributed by atoms with Gasteiger partial charge < -0.3 is 9.64 Å². The molecule has 0 aliphatic rings. The van der Waals surface area contributed by atoms with Crippen molar-refractivity contribution >= 4 is 5.78 Å². The van der Waals surface area contributed by atoms with Crippen LogP contribution in [0.15, 0.2) is 36.5 Å². The zero-order valence-electron chi connectivity index (χ0n) is 11.5. The Morgan fingerprint density at radius 3 is 2.33 bits per heavy atom. The number of carbonyl (C=O) groups excluding carboxylic acids is 1. The van der Waals surface area contributed by atoms with Crippen LogP contribution in [-0.4, -0.2) is 43.7 Å². The van der Waals surface area contributed by atoms with Crippen LogP contribution >= 0.6 is 0 Å². The minimum atomic E-state index is -4.21. The number of hydrogen-bond donors (Lipinski definition) is 0. The number of ketones is 1. The molecule has 21 heavy (non-hydrogen) atoms. The summed E-state index contributed by atoms with van der Waals surface area (Å²) in [4.78, 5) is 13.4. The van der Waals surface area contributed by atoms with Crippen LogP contribution in [0, 0.1) is 0 Å². The summed E-state index contributed by atoms with van der Waals surface area (Å²) >= 11 is 0. The normalized spacial score (nSPS) is 12.0. The molecule has 7 heteroatoms. The number of halogens is 4. The number of allylic oxidation sites excluding steroid dienone is 1. The Morgan fingerprint density at radius 2 is 1.86 bits per heavy atom. The zero-order chi connectivity index (χ0) is 16.0. The van der Waals surface area contributed by atoms with Gasteiger partial charge in [-0.3, -0.25) is 4.79 Å². The molecule has 1 aromatic rings. The van der Waals surface area contributed by atoms with E-state index >= 15 is 0 Å². The van der Waals surface area contributed by atoms with E-state index in [0.29, 0.717) is 5.56 Å². The van der Waals surface area contributed by atoms with Gasteiger partial charge >= 0.3 is 12.3 Å². The second-order valence-corrected chi connectivity index (χ2v) is 4.52. The number of alkyl halides is 4. The van der Waals surface area contributed by atoms with Crippen LogP contribution in [-0.2, 0) is 0 Å². The van der Waals surface area contributed by atoms with Crippen LogP contribution in [0.4, 0.5) is 17.6 Å². The fourth-order valence-corrected chi connectivity index (χ4v) is 1.27. The van der Waals surface area contributed by atoms with E-state index in [0.717, 1.165) is 0 Å². The number of benzene rings is 1. The summed E-state index contributed by atoms with van der Waals surface area (Å²) in [6.07, 6.45) is -0.869. The lowest BCUT2D eigenvalue weighted by atomic mass is 10.1. The maximum Gasteiger partial charge on any atom is 0.340 e. The second-order valence-electron chi connectivity index (χ2n) is 4.52. The molecule has 0 spiro atoms. The predicted molar refractivity (Wildman–Crippen MR) is 70.0 cm³/mol. The zero-order valence-corrected chi connectivity index (χ0v) is 11.5. The van der Waals surface area contributed by atoms with Gasteiger partial charge in [-0.2, -0.15) is 8.78 Å². The van der Waals surface area contributed by atoms with Gasteiger partial charge in [0.25, 0.3) is 0 Å². The Morgan fingerprint density at radius 1 is 1.29 bits per heavy atom. The molecule has 116 valence electrons. The van der Waals surface area contributed by atoms with Gasteiger partial charge in [-0.25, -0.2) is 8.78 Å². The van der Waals surface area contributed by atoms with Gasteiger partial charge in [-0.1, -0.05) is 0 Å². The first-order valence-corrected chi connectivity index (χ1v) is 6.00. The molecule has 0 atom stereocenters. The lowest BCUT2D eigenvalue weighted by molar-refractivity contribution is -0.148. The third-order valence-corrected chi connectivity index (χ3v) is 2.41. The molecule has 0 saturated heterocycles. The smallest absolute Gasteiger partial charge is 0.340 e. The molecule has 1 rings (SSSR count). The summed E-state index contributed by atoms with van der Waals surface area (Å²) in [6, 6.07) is 5.30. The fourth-order valence-electron chi connectivity index (χ4n) is 1.27. The van der Waals surface area contributed by atoms with Crippen molar-refractivity contribution in [1.29, 1.82) is 0 Å². The summed E-state index contributed by atoms with van der Waals surface area (Å²) in [7, 11) is 3.51. The summed E-state index contributed by atoms with van der Waals surface area (Å²) < 4.78 is 53.8. The molecule has 1 aromatic carbocycles. The van der Waals surface area contributed by atoms with E-state index in [9.17, 15) is 22.4 Å². The lowest BCUT2D eigenvalue weighted by Crippen LogP contribution is -2.33. The Labute approximate surface area is 119 Å².